The van der Waals surface area contributed by atoms with Gasteiger partial charge in [0.15, 0.2) is 6.61 Å². The van der Waals surface area contributed by atoms with Gasteiger partial charge in [0.1, 0.15) is 5.75 Å². The number of amides is 1. The molecule has 20 heavy (non-hydrogen) atoms. The van der Waals surface area contributed by atoms with Crippen molar-refractivity contribution in [1.82, 2.24) is 4.90 Å². The fraction of sp³-hybridized carbons (Fsp3) is 0.533. The Labute approximate surface area is 119 Å². The highest BCUT2D eigenvalue weighted by atomic mass is 16.5. The predicted octanol–water partition coefficient (Wildman–Crippen LogP) is 1.53. The summed E-state index contributed by atoms with van der Waals surface area (Å²) in [5, 5.41) is 0. The van der Waals surface area contributed by atoms with Crippen LogP contribution in [-0.4, -0.2) is 44.2 Å². The van der Waals surface area contributed by atoms with Crippen LogP contribution in [0.15, 0.2) is 24.3 Å². The summed E-state index contributed by atoms with van der Waals surface area (Å²) in [6, 6.07) is 7.05. The van der Waals surface area contributed by atoms with Crippen LogP contribution in [0.1, 0.15) is 12.8 Å². The van der Waals surface area contributed by atoms with Gasteiger partial charge in [0.05, 0.1) is 6.61 Å². The first-order valence-corrected chi connectivity index (χ1v) is 6.95. The lowest BCUT2D eigenvalue weighted by Gasteiger charge is -2.17. The van der Waals surface area contributed by atoms with Gasteiger partial charge in [-0.15, -0.1) is 0 Å². The van der Waals surface area contributed by atoms with Crippen molar-refractivity contribution in [3.8, 4) is 5.75 Å². The number of nitrogen functional groups attached to an aromatic ring is 1. The molecule has 0 unspecified atom stereocenters. The van der Waals surface area contributed by atoms with Crippen LogP contribution in [0.2, 0.25) is 0 Å². The number of carbonyl (C=O) groups is 1. The third kappa shape index (κ3) is 5.09. The summed E-state index contributed by atoms with van der Waals surface area (Å²) in [5.41, 5.74) is 6.27. The van der Waals surface area contributed by atoms with Crippen LogP contribution in [0.3, 0.4) is 0 Å². The van der Waals surface area contributed by atoms with E-state index in [1.165, 1.54) is 12.8 Å². The summed E-state index contributed by atoms with van der Waals surface area (Å²) in [4.78, 5) is 13.5. The second-order valence-electron chi connectivity index (χ2n) is 5.19. The lowest BCUT2D eigenvalue weighted by Crippen LogP contribution is -2.34. The Morgan fingerprint density at radius 1 is 1.45 bits per heavy atom. The van der Waals surface area contributed by atoms with Gasteiger partial charge in [0, 0.05) is 32.0 Å². The minimum absolute atomic E-state index is 0.0164. The highest BCUT2D eigenvalue weighted by molar-refractivity contribution is 5.77. The standard InChI is InChI=1S/C15H22N2O3/c1-17(7-8-19-10-12-5-6-12)15(18)11-20-14-4-2-3-13(16)9-14/h2-4,9,12H,5-8,10-11,16H2,1H3. The SMILES string of the molecule is CN(CCOCC1CC1)C(=O)COc1cccc(N)c1. The van der Waals surface area contributed by atoms with E-state index in [-0.39, 0.29) is 12.5 Å². The molecule has 0 spiro atoms. The molecule has 0 heterocycles. The second-order valence-corrected chi connectivity index (χ2v) is 5.19. The lowest BCUT2D eigenvalue weighted by atomic mass is 10.3. The molecule has 5 heteroatoms. The zero-order valence-electron chi connectivity index (χ0n) is 11.9. The van der Waals surface area contributed by atoms with Gasteiger partial charge in [-0.05, 0) is 30.9 Å². The summed E-state index contributed by atoms with van der Waals surface area (Å²) in [6.45, 7) is 2.01. The van der Waals surface area contributed by atoms with Crippen molar-refractivity contribution in [3.63, 3.8) is 0 Å². The number of carbonyl (C=O) groups excluding carboxylic acids is 1. The molecule has 0 bridgehead atoms. The van der Waals surface area contributed by atoms with Crippen LogP contribution in [0, 0.1) is 5.92 Å². The van der Waals surface area contributed by atoms with E-state index in [1.54, 1.807) is 36.2 Å². The molecule has 1 aromatic carbocycles. The van der Waals surface area contributed by atoms with E-state index in [9.17, 15) is 4.79 Å². The van der Waals surface area contributed by atoms with E-state index in [2.05, 4.69) is 0 Å². The molecule has 0 atom stereocenters. The van der Waals surface area contributed by atoms with Gasteiger partial charge < -0.3 is 20.1 Å². The van der Waals surface area contributed by atoms with Crippen molar-refractivity contribution in [2.75, 3.05) is 39.1 Å². The van der Waals surface area contributed by atoms with Crippen LogP contribution in [0.4, 0.5) is 5.69 Å². The molecule has 0 radical (unpaired) electrons. The van der Waals surface area contributed by atoms with Crippen molar-refractivity contribution < 1.29 is 14.3 Å². The van der Waals surface area contributed by atoms with Crippen LogP contribution in [0.5, 0.6) is 5.75 Å². The zero-order chi connectivity index (χ0) is 14.4. The smallest absolute Gasteiger partial charge is 0.260 e. The van der Waals surface area contributed by atoms with E-state index in [0.717, 1.165) is 12.5 Å². The summed E-state index contributed by atoms with van der Waals surface area (Å²) in [7, 11) is 1.76. The number of rotatable bonds is 8. The number of hydrogen-bond donors (Lipinski definition) is 1. The minimum Gasteiger partial charge on any atom is -0.484 e. The van der Waals surface area contributed by atoms with Gasteiger partial charge in [-0.1, -0.05) is 6.07 Å². The van der Waals surface area contributed by atoms with Crippen molar-refractivity contribution in [2.45, 2.75) is 12.8 Å². The van der Waals surface area contributed by atoms with E-state index >= 15 is 0 Å². The number of hydrogen-bond acceptors (Lipinski definition) is 4. The van der Waals surface area contributed by atoms with Crippen molar-refractivity contribution >= 4 is 11.6 Å². The number of benzene rings is 1. The number of nitrogens with two attached hydrogens (primary N) is 1. The third-order valence-electron chi connectivity index (χ3n) is 3.27. The molecule has 1 aromatic rings. The van der Waals surface area contributed by atoms with Gasteiger partial charge in [0.25, 0.3) is 5.91 Å². The molecule has 110 valence electrons. The van der Waals surface area contributed by atoms with Gasteiger partial charge in [0.2, 0.25) is 0 Å². The Hall–Kier alpha value is -1.75. The molecule has 0 aliphatic heterocycles. The maximum absolute atomic E-state index is 11.9. The molecule has 5 nitrogen and oxygen atoms in total. The summed E-state index contributed by atoms with van der Waals surface area (Å²) in [6.07, 6.45) is 2.56. The van der Waals surface area contributed by atoms with E-state index < -0.39 is 0 Å². The summed E-state index contributed by atoms with van der Waals surface area (Å²) < 4.78 is 10.9. The van der Waals surface area contributed by atoms with Gasteiger partial charge in [-0.2, -0.15) is 0 Å². The first-order chi connectivity index (χ1) is 9.65. The Kier molecular flexibility index (Phi) is 5.24. The second kappa shape index (κ2) is 7.14. The number of likely N-dealkylation sites (N-methyl/N-ethyl adjacent to an activating group) is 1. The van der Waals surface area contributed by atoms with Crippen LogP contribution < -0.4 is 10.5 Å². The first-order valence-electron chi connectivity index (χ1n) is 6.95. The van der Waals surface area contributed by atoms with Crippen molar-refractivity contribution in [1.29, 1.82) is 0 Å². The predicted molar refractivity (Wildman–Crippen MR) is 77.5 cm³/mol. The van der Waals surface area contributed by atoms with Crippen LogP contribution in [-0.2, 0) is 9.53 Å². The Bertz CT molecular complexity index is 446. The van der Waals surface area contributed by atoms with Crippen molar-refractivity contribution in [2.24, 2.45) is 5.92 Å². The van der Waals surface area contributed by atoms with Crippen LogP contribution in [0.25, 0.3) is 0 Å². The molecule has 1 aliphatic carbocycles. The van der Waals surface area contributed by atoms with Gasteiger partial charge in [-0.3, -0.25) is 4.79 Å². The summed E-state index contributed by atoms with van der Waals surface area (Å²) >= 11 is 0. The van der Waals surface area contributed by atoms with E-state index in [0.29, 0.717) is 24.6 Å². The van der Waals surface area contributed by atoms with E-state index in [4.69, 9.17) is 15.2 Å². The normalized spacial score (nSPS) is 14.1. The molecular formula is C15H22N2O3. The largest absolute Gasteiger partial charge is 0.484 e. The van der Waals surface area contributed by atoms with Gasteiger partial charge in [-0.25, -0.2) is 0 Å². The summed E-state index contributed by atoms with van der Waals surface area (Å²) in [5.74, 6) is 1.29. The first kappa shape index (κ1) is 14.7. The molecule has 2 rings (SSSR count). The molecule has 0 saturated heterocycles. The molecule has 2 N–H and O–H groups in total. The number of ether oxygens (including phenoxy) is 2. The maximum atomic E-state index is 11.9. The number of anilines is 1. The van der Waals surface area contributed by atoms with E-state index in [1.807, 2.05) is 0 Å². The van der Waals surface area contributed by atoms with Gasteiger partial charge >= 0.3 is 0 Å². The quantitative estimate of drug-likeness (QED) is 0.578. The molecule has 0 aromatic heterocycles. The highest BCUT2D eigenvalue weighted by Gasteiger charge is 2.21. The molecule has 1 saturated carbocycles. The Morgan fingerprint density at radius 3 is 2.95 bits per heavy atom. The third-order valence-corrected chi connectivity index (χ3v) is 3.27. The highest BCUT2D eigenvalue weighted by Crippen LogP contribution is 2.28. The fourth-order valence-corrected chi connectivity index (χ4v) is 1.72. The lowest BCUT2D eigenvalue weighted by molar-refractivity contribution is -0.132. The monoisotopic (exact) mass is 278 g/mol. The Balaban J connectivity index is 1.62. The number of nitrogens with zero attached hydrogens (tertiary/aromatic N) is 1. The maximum Gasteiger partial charge on any atom is 0.260 e. The molecule has 1 amide bonds. The molecule has 1 fully saturated rings. The average Bonchev–Trinajstić information content (AvgIpc) is 3.25. The minimum atomic E-state index is -0.0672. The van der Waals surface area contributed by atoms with Crippen LogP contribution >= 0.6 is 0 Å². The molecule has 1 aliphatic rings. The average molecular weight is 278 g/mol. The van der Waals surface area contributed by atoms with Crippen molar-refractivity contribution in [3.05, 3.63) is 24.3 Å². The fourth-order valence-electron chi connectivity index (χ4n) is 1.72. The topological polar surface area (TPSA) is 64.8 Å². The molecular weight excluding hydrogens is 256 g/mol. The Morgan fingerprint density at radius 2 is 2.25 bits per heavy atom. The zero-order valence-corrected chi connectivity index (χ0v) is 11.9.